The number of carbonyl (C=O) groups excluding carboxylic acids is 3. The summed E-state index contributed by atoms with van der Waals surface area (Å²) >= 11 is 0. The van der Waals surface area contributed by atoms with E-state index in [0.29, 0.717) is 17.1 Å². The lowest BCUT2D eigenvalue weighted by Gasteiger charge is -2.44. The van der Waals surface area contributed by atoms with Gasteiger partial charge in [0.15, 0.2) is 11.5 Å². The molecular weight excluding hydrogens is 536 g/mol. The summed E-state index contributed by atoms with van der Waals surface area (Å²) in [6, 6.07) is 14.9. The van der Waals surface area contributed by atoms with E-state index in [0.717, 1.165) is 5.56 Å². The van der Waals surface area contributed by atoms with Crippen molar-refractivity contribution in [1.82, 2.24) is 15.1 Å². The van der Waals surface area contributed by atoms with Crippen LogP contribution in [0.5, 0.6) is 11.5 Å². The molecule has 1 unspecified atom stereocenters. The number of hydrogen-bond acceptors (Lipinski definition) is 6. The summed E-state index contributed by atoms with van der Waals surface area (Å²) in [7, 11) is 0. The van der Waals surface area contributed by atoms with Gasteiger partial charge in [-0.1, -0.05) is 6.07 Å². The van der Waals surface area contributed by atoms with Gasteiger partial charge in [0, 0.05) is 43.6 Å². The molecule has 3 aliphatic heterocycles. The Morgan fingerprint density at radius 1 is 0.829 bits per heavy atom. The molecule has 0 saturated carbocycles. The monoisotopic (exact) mass is 563 g/mol. The lowest BCUT2D eigenvalue weighted by atomic mass is 9.96. The molecule has 1 N–H and O–H groups in total. The fourth-order valence-corrected chi connectivity index (χ4v) is 5.49. The Kier molecular flexibility index (Phi) is 7.04. The minimum absolute atomic E-state index is 0.0359. The minimum Gasteiger partial charge on any atom is -0.454 e. The first-order chi connectivity index (χ1) is 19.8. The predicted molar refractivity (Wildman–Crippen MR) is 141 cm³/mol. The van der Waals surface area contributed by atoms with Gasteiger partial charge in [-0.25, -0.2) is 8.78 Å². The molecular formula is C30H27F2N3O6. The van der Waals surface area contributed by atoms with Crippen LogP contribution in [0.2, 0.25) is 0 Å². The molecule has 3 aromatic carbocycles. The highest BCUT2D eigenvalue weighted by molar-refractivity contribution is 5.98. The molecule has 0 aromatic heterocycles. The molecule has 0 radical (unpaired) electrons. The van der Waals surface area contributed by atoms with Crippen LogP contribution < -0.4 is 14.8 Å². The van der Waals surface area contributed by atoms with Crippen LogP contribution in [0.3, 0.4) is 0 Å². The Morgan fingerprint density at radius 2 is 1.44 bits per heavy atom. The first-order valence-corrected chi connectivity index (χ1v) is 13.3. The fourth-order valence-electron chi connectivity index (χ4n) is 5.49. The van der Waals surface area contributed by atoms with Crippen molar-refractivity contribution in [1.29, 1.82) is 0 Å². The zero-order valence-electron chi connectivity index (χ0n) is 22.0. The Balaban J connectivity index is 1.20. The number of piperidine rings is 1. The van der Waals surface area contributed by atoms with Crippen LogP contribution in [0.1, 0.15) is 39.1 Å². The van der Waals surface area contributed by atoms with Gasteiger partial charge in [-0.2, -0.15) is 0 Å². The number of amides is 3. The van der Waals surface area contributed by atoms with Crippen LogP contribution in [0.4, 0.5) is 8.78 Å². The van der Waals surface area contributed by atoms with Gasteiger partial charge in [0.25, 0.3) is 11.8 Å². The van der Waals surface area contributed by atoms with Gasteiger partial charge < -0.3 is 24.4 Å². The third kappa shape index (κ3) is 5.20. The molecule has 2 saturated heterocycles. The van der Waals surface area contributed by atoms with Gasteiger partial charge in [0.2, 0.25) is 12.7 Å². The molecule has 2 fully saturated rings. The first-order valence-electron chi connectivity index (χ1n) is 13.3. The highest BCUT2D eigenvalue weighted by atomic mass is 19.1. The number of rotatable bonds is 5. The van der Waals surface area contributed by atoms with Crippen LogP contribution in [-0.4, -0.2) is 65.8 Å². The molecule has 0 bridgehead atoms. The standard InChI is InChI=1S/C30H27F2N3O6/c31-22-6-2-20(3-7-22)28(37)34-13-11-30(12-14-34)35(29(38)21-4-8-23(32)9-5-21)24(17-41-30)27(36)33-16-19-1-10-25-26(15-19)40-18-39-25/h1-10,15,24H,11-14,16-18H2,(H,33,36). The molecule has 212 valence electrons. The molecule has 3 aliphatic rings. The number of likely N-dealkylation sites (tertiary alicyclic amines) is 1. The number of benzene rings is 3. The van der Waals surface area contributed by atoms with Crippen molar-refractivity contribution >= 4 is 17.7 Å². The van der Waals surface area contributed by atoms with E-state index < -0.39 is 35.2 Å². The zero-order chi connectivity index (χ0) is 28.6. The molecule has 1 atom stereocenters. The SMILES string of the molecule is O=C(NCc1ccc2c(c1)OCO2)C1COC2(CCN(C(=O)c3ccc(F)cc3)CC2)N1C(=O)c1ccc(F)cc1. The largest absolute Gasteiger partial charge is 0.454 e. The third-order valence-electron chi connectivity index (χ3n) is 7.70. The Labute approximate surface area is 234 Å². The number of halogens is 2. The van der Waals surface area contributed by atoms with Crippen molar-refractivity contribution in [2.45, 2.75) is 31.2 Å². The average molecular weight is 564 g/mol. The molecule has 3 aromatic rings. The summed E-state index contributed by atoms with van der Waals surface area (Å²) in [5.74, 6) is -0.825. The number of hydrogen-bond donors (Lipinski definition) is 1. The lowest BCUT2D eigenvalue weighted by Crippen LogP contribution is -2.59. The Morgan fingerprint density at radius 3 is 2.10 bits per heavy atom. The van der Waals surface area contributed by atoms with Crippen LogP contribution in [-0.2, 0) is 16.1 Å². The smallest absolute Gasteiger partial charge is 0.256 e. The minimum atomic E-state index is -1.13. The number of ether oxygens (including phenoxy) is 3. The second-order valence-corrected chi connectivity index (χ2v) is 10.2. The second kappa shape index (κ2) is 10.8. The van der Waals surface area contributed by atoms with Crippen molar-refractivity contribution in [3.05, 3.63) is 95.1 Å². The van der Waals surface area contributed by atoms with Crippen molar-refractivity contribution in [3.8, 4) is 11.5 Å². The second-order valence-electron chi connectivity index (χ2n) is 10.2. The summed E-state index contributed by atoms with van der Waals surface area (Å²) in [6.45, 7) is 0.813. The van der Waals surface area contributed by atoms with E-state index in [1.807, 2.05) is 6.07 Å². The molecule has 0 aliphatic carbocycles. The summed E-state index contributed by atoms with van der Waals surface area (Å²) in [4.78, 5) is 43.4. The normalized spacial score (nSPS) is 18.9. The summed E-state index contributed by atoms with van der Waals surface area (Å²) < 4.78 is 43.9. The molecule has 41 heavy (non-hydrogen) atoms. The first kappa shape index (κ1) is 26.7. The van der Waals surface area contributed by atoms with Crippen molar-refractivity contribution < 1.29 is 37.4 Å². The highest BCUT2D eigenvalue weighted by Crippen LogP contribution is 2.39. The number of carbonyl (C=O) groups is 3. The molecule has 11 heteroatoms. The van der Waals surface area contributed by atoms with E-state index in [1.54, 1.807) is 17.0 Å². The van der Waals surface area contributed by atoms with Gasteiger partial charge in [-0.3, -0.25) is 19.3 Å². The number of fused-ring (bicyclic) bond motifs is 1. The van der Waals surface area contributed by atoms with Gasteiger partial charge in [-0.15, -0.1) is 0 Å². The summed E-state index contributed by atoms with van der Waals surface area (Å²) in [5, 5.41) is 2.89. The van der Waals surface area contributed by atoms with Crippen LogP contribution in [0.25, 0.3) is 0 Å². The van der Waals surface area contributed by atoms with E-state index in [1.165, 1.54) is 53.4 Å². The van der Waals surface area contributed by atoms with Crippen LogP contribution >= 0.6 is 0 Å². The lowest BCUT2D eigenvalue weighted by molar-refractivity contribution is -0.128. The number of nitrogens with zero attached hydrogens (tertiary/aromatic N) is 2. The summed E-state index contributed by atoms with van der Waals surface area (Å²) in [6.07, 6.45) is 0.525. The van der Waals surface area contributed by atoms with Gasteiger partial charge in [0.1, 0.15) is 23.4 Å². The average Bonchev–Trinajstić information content (AvgIpc) is 3.61. The zero-order valence-corrected chi connectivity index (χ0v) is 22.0. The van der Waals surface area contributed by atoms with Gasteiger partial charge in [0.05, 0.1) is 6.61 Å². The molecule has 3 amide bonds. The third-order valence-corrected chi connectivity index (χ3v) is 7.70. The predicted octanol–water partition coefficient (Wildman–Crippen LogP) is 3.48. The van der Waals surface area contributed by atoms with Gasteiger partial charge in [-0.05, 0) is 66.2 Å². The quantitative estimate of drug-likeness (QED) is 0.511. The fraction of sp³-hybridized carbons (Fsp3) is 0.300. The molecule has 1 spiro atoms. The topological polar surface area (TPSA) is 97.4 Å². The maximum atomic E-state index is 13.8. The van der Waals surface area contributed by atoms with Crippen LogP contribution in [0.15, 0.2) is 66.7 Å². The van der Waals surface area contributed by atoms with Gasteiger partial charge >= 0.3 is 0 Å². The molecule has 6 rings (SSSR count). The maximum Gasteiger partial charge on any atom is 0.256 e. The summed E-state index contributed by atoms with van der Waals surface area (Å²) in [5.41, 5.74) is 0.232. The molecule has 3 heterocycles. The van der Waals surface area contributed by atoms with Crippen molar-refractivity contribution in [3.63, 3.8) is 0 Å². The number of nitrogens with one attached hydrogen (secondary N) is 1. The molecule has 9 nitrogen and oxygen atoms in total. The van der Waals surface area contributed by atoms with E-state index in [2.05, 4.69) is 5.32 Å². The maximum absolute atomic E-state index is 13.8. The Hall–Kier alpha value is -4.51. The van der Waals surface area contributed by atoms with Crippen molar-refractivity contribution in [2.75, 3.05) is 26.5 Å². The van der Waals surface area contributed by atoms with E-state index in [4.69, 9.17) is 14.2 Å². The van der Waals surface area contributed by atoms with Crippen LogP contribution in [0, 0.1) is 11.6 Å². The Bertz CT molecular complexity index is 1470. The van der Waals surface area contributed by atoms with E-state index in [-0.39, 0.29) is 57.3 Å². The van der Waals surface area contributed by atoms with E-state index in [9.17, 15) is 23.2 Å². The van der Waals surface area contributed by atoms with Crippen molar-refractivity contribution in [2.24, 2.45) is 0 Å². The highest BCUT2D eigenvalue weighted by Gasteiger charge is 2.54. The van der Waals surface area contributed by atoms with E-state index >= 15 is 0 Å².